The Hall–Kier alpha value is -0.980. The Bertz CT molecular complexity index is 155. The van der Waals surface area contributed by atoms with E-state index in [9.17, 15) is 9.59 Å². The van der Waals surface area contributed by atoms with Crippen LogP contribution in [0.2, 0.25) is 0 Å². The van der Waals surface area contributed by atoms with Crippen LogP contribution in [0.25, 0.3) is 0 Å². The van der Waals surface area contributed by atoms with Crippen molar-refractivity contribution in [2.45, 2.75) is 0 Å². The zero-order chi connectivity index (χ0) is 9.56. The van der Waals surface area contributed by atoms with Crippen molar-refractivity contribution in [2.75, 3.05) is 26.2 Å². The SMILES string of the molecule is NCCN(C(=O)CN)C(=O)CN. The standard InChI is InChI=1S/C6H14N4O2/c7-1-2-10(5(11)3-8)6(12)4-9/h1-4,7-9H2. The highest BCUT2D eigenvalue weighted by atomic mass is 16.2. The molecule has 0 aliphatic carbocycles. The highest BCUT2D eigenvalue weighted by Crippen LogP contribution is 1.87. The van der Waals surface area contributed by atoms with Crippen LogP contribution in [0.4, 0.5) is 0 Å². The number of carbonyl (C=O) groups excluding carboxylic acids is 2. The molecule has 0 fully saturated rings. The second-order valence-corrected chi connectivity index (χ2v) is 2.14. The fraction of sp³-hybridized carbons (Fsp3) is 0.667. The minimum atomic E-state index is -0.448. The van der Waals surface area contributed by atoms with Crippen LogP contribution in [0.3, 0.4) is 0 Å². The van der Waals surface area contributed by atoms with Crippen LogP contribution >= 0.6 is 0 Å². The van der Waals surface area contributed by atoms with E-state index in [4.69, 9.17) is 17.2 Å². The largest absolute Gasteiger partial charge is 0.329 e. The van der Waals surface area contributed by atoms with E-state index in [0.717, 1.165) is 4.90 Å². The van der Waals surface area contributed by atoms with E-state index in [1.807, 2.05) is 0 Å². The summed E-state index contributed by atoms with van der Waals surface area (Å²) in [7, 11) is 0. The van der Waals surface area contributed by atoms with Gasteiger partial charge in [0.1, 0.15) is 0 Å². The molecule has 0 bridgehead atoms. The Morgan fingerprint density at radius 2 is 1.42 bits per heavy atom. The summed E-state index contributed by atoms with van der Waals surface area (Å²) in [6.07, 6.45) is 0. The number of nitrogens with two attached hydrogens (primary N) is 3. The highest BCUT2D eigenvalue weighted by molar-refractivity contribution is 5.96. The molecule has 0 aromatic rings. The van der Waals surface area contributed by atoms with Crippen molar-refractivity contribution >= 4 is 11.8 Å². The fourth-order valence-electron chi connectivity index (χ4n) is 0.738. The van der Waals surface area contributed by atoms with Gasteiger partial charge in [-0.25, -0.2) is 0 Å². The summed E-state index contributed by atoms with van der Waals surface area (Å²) in [6, 6.07) is 0. The topological polar surface area (TPSA) is 115 Å². The van der Waals surface area contributed by atoms with Gasteiger partial charge in [0.15, 0.2) is 0 Å². The molecule has 0 saturated heterocycles. The molecule has 0 aromatic carbocycles. The number of rotatable bonds is 4. The molecular weight excluding hydrogens is 160 g/mol. The molecule has 0 radical (unpaired) electrons. The Balaban J connectivity index is 4.21. The third kappa shape index (κ3) is 2.95. The maximum absolute atomic E-state index is 11.0. The molecule has 6 N–H and O–H groups in total. The molecular formula is C6H14N4O2. The summed E-state index contributed by atoms with van der Waals surface area (Å²) in [6.45, 7) is -0.0129. The average molecular weight is 174 g/mol. The Morgan fingerprint density at radius 1 is 1.00 bits per heavy atom. The normalized spacial score (nSPS) is 9.58. The number of hydrogen-bond acceptors (Lipinski definition) is 5. The van der Waals surface area contributed by atoms with Gasteiger partial charge in [-0.15, -0.1) is 0 Å². The first kappa shape index (κ1) is 11.0. The van der Waals surface area contributed by atoms with Gasteiger partial charge >= 0.3 is 0 Å². The molecule has 0 aromatic heterocycles. The smallest absolute Gasteiger partial charge is 0.242 e. The molecule has 0 rings (SSSR count). The lowest BCUT2D eigenvalue weighted by molar-refractivity contribution is -0.142. The molecule has 12 heavy (non-hydrogen) atoms. The van der Waals surface area contributed by atoms with Gasteiger partial charge in [-0.05, 0) is 0 Å². The third-order valence-corrected chi connectivity index (χ3v) is 1.30. The third-order valence-electron chi connectivity index (χ3n) is 1.30. The lowest BCUT2D eigenvalue weighted by atomic mass is 10.4. The second kappa shape index (κ2) is 5.64. The maximum Gasteiger partial charge on any atom is 0.242 e. The zero-order valence-electron chi connectivity index (χ0n) is 6.82. The van der Waals surface area contributed by atoms with Crippen LogP contribution in [-0.4, -0.2) is 42.9 Å². The molecule has 2 amide bonds. The van der Waals surface area contributed by atoms with E-state index in [1.165, 1.54) is 0 Å². The quantitative estimate of drug-likeness (QED) is 0.426. The minimum Gasteiger partial charge on any atom is -0.329 e. The summed E-state index contributed by atoms with van der Waals surface area (Å²) < 4.78 is 0. The van der Waals surface area contributed by atoms with Crippen molar-refractivity contribution < 1.29 is 9.59 Å². The van der Waals surface area contributed by atoms with Gasteiger partial charge < -0.3 is 17.2 Å². The van der Waals surface area contributed by atoms with Gasteiger partial charge in [-0.1, -0.05) is 0 Å². The first-order valence-electron chi connectivity index (χ1n) is 3.60. The molecule has 6 heteroatoms. The van der Waals surface area contributed by atoms with E-state index < -0.39 is 11.8 Å². The van der Waals surface area contributed by atoms with E-state index >= 15 is 0 Å². The van der Waals surface area contributed by atoms with Gasteiger partial charge in [0.25, 0.3) is 0 Å². The van der Waals surface area contributed by atoms with Crippen molar-refractivity contribution in [3.05, 3.63) is 0 Å². The van der Waals surface area contributed by atoms with Gasteiger partial charge in [0, 0.05) is 13.1 Å². The second-order valence-electron chi connectivity index (χ2n) is 2.14. The van der Waals surface area contributed by atoms with Crippen molar-refractivity contribution in [1.29, 1.82) is 0 Å². The number of carbonyl (C=O) groups is 2. The molecule has 0 aliphatic heterocycles. The van der Waals surface area contributed by atoms with Gasteiger partial charge in [0.05, 0.1) is 13.1 Å². The lowest BCUT2D eigenvalue weighted by Crippen LogP contribution is -2.46. The number of amides is 2. The predicted molar refractivity (Wildman–Crippen MR) is 43.9 cm³/mol. The van der Waals surface area contributed by atoms with E-state index in [1.54, 1.807) is 0 Å². The van der Waals surface area contributed by atoms with Crippen molar-refractivity contribution in [3.8, 4) is 0 Å². The Kier molecular flexibility index (Phi) is 5.18. The summed E-state index contributed by atoms with van der Waals surface area (Å²) >= 11 is 0. The minimum absolute atomic E-state index is 0.173. The summed E-state index contributed by atoms with van der Waals surface area (Å²) in [5, 5.41) is 0. The van der Waals surface area contributed by atoms with E-state index in [0.29, 0.717) is 0 Å². The van der Waals surface area contributed by atoms with Crippen LogP contribution in [0.5, 0.6) is 0 Å². The number of imide groups is 1. The fourth-order valence-corrected chi connectivity index (χ4v) is 0.738. The maximum atomic E-state index is 11.0. The molecule has 0 aliphatic rings. The van der Waals surface area contributed by atoms with Crippen LogP contribution in [0.15, 0.2) is 0 Å². The Labute approximate surface area is 70.7 Å². The Morgan fingerprint density at radius 3 is 1.67 bits per heavy atom. The van der Waals surface area contributed by atoms with Gasteiger partial charge in [-0.3, -0.25) is 14.5 Å². The monoisotopic (exact) mass is 174 g/mol. The van der Waals surface area contributed by atoms with Crippen molar-refractivity contribution in [2.24, 2.45) is 17.2 Å². The van der Waals surface area contributed by atoms with Crippen molar-refractivity contribution in [3.63, 3.8) is 0 Å². The first-order chi connectivity index (χ1) is 5.67. The molecule has 6 nitrogen and oxygen atoms in total. The molecule has 0 atom stereocenters. The molecule has 0 saturated carbocycles. The average Bonchev–Trinajstić information content (AvgIpc) is 2.11. The number of hydrogen-bond donors (Lipinski definition) is 3. The van der Waals surface area contributed by atoms with Crippen LogP contribution < -0.4 is 17.2 Å². The highest BCUT2D eigenvalue weighted by Gasteiger charge is 2.16. The summed E-state index contributed by atoms with van der Waals surface area (Å²) in [4.78, 5) is 22.9. The lowest BCUT2D eigenvalue weighted by Gasteiger charge is -2.17. The van der Waals surface area contributed by atoms with Gasteiger partial charge in [-0.2, -0.15) is 0 Å². The molecule has 70 valence electrons. The first-order valence-corrected chi connectivity index (χ1v) is 3.60. The number of nitrogens with zero attached hydrogens (tertiary/aromatic N) is 1. The molecule has 0 spiro atoms. The van der Waals surface area contributed by atoms with Crippen molar-refractivity contribution in [1.82, 2.24) is 4.90 Å². The van der Waals surface area contributed by atoms with Crippen LogP contribution in [0.1, 0.15) is 0 Å². The summed E-state index contributed by atoms with van der Waals surface area (Å²) in [5.41, 5.74) is 15.3. The van der Waals surface area contributed by atoms with Crippen LogP contribution in [-0.2, 0) is 9.59 Å². The van der Waals surface area contributed by atoms with Crippen LogP contribution in [0, 0.1) is 0 Å². The predicted octanol–water partition coefficient (Wildman–Crippen LogP) is -2.78. The molecule has 0 heterocycles. The zero-order valence-corrected chi connectivity index (χ0v) is 6.82. The van der Waals surface area contributed by atoms with E-state index in [2.05, 4.69) is 0 Å². The van der Waals surface area contributed by atoms with Gasteiger partial charge in [0.2, 0.25) is 11.8 Å². The summed E-state index contributed by atoms with van der Waals surface area (Å²) in [5.74, 6) is -0.896. The van der Waals surface area contributed by atoms with E-state index in [-0.39, 0.29) is 26.2 Å². The molecule has 0 unspecified atom stereocenters.